The number of alkyl halides is 4. The van der Waals surface area contributed by atoms with E-state index in [1.54, 1.807) is 19.1 Å². The molecule has 1 nitrogen and oxygen atoms in total. The van der Waals surface area contributed by atoms with Gasteiger partial charge in [0.15, 0.2) is 0 Å². The Morgan fingerprint density at radius 1 is 1.33 bits per heavy atom. The van der Waals surface area contributed by atoms with Crippen LogP contribution < -0.4 is 0 Å². The number of hydrogen-bond acceptors (Lipinski definition) is 1. The normalized spacial score (nSPS) is 23.0. The van der Waals surface area contributed by atoms with E-state index in [-0.39, 0.29) is 0 Å². The molecule has 1 heterocycles. The van der Waals surface area contributed by atoms with Crippen LogP contribution in [0.25, 0.3) is 0 Å². The van der Waals surface area contributed by atoms with E-state index < -0.39 is 30.5 Å². The van der Waals surface area contributed by atoms with Gasteiger partial charge in [-0.3, -0.25) is 0 Å². The van der Waals surface area contributed by atoms with E-state index >= 15 is 0 Å². The van der Waals surface area contributed by atoms with Crippen LogP contribution in [0.5, 0.6) is 0 Å². The standard InChI is InChI=1S/C10H10F3IO/c1-6-4-3-5-8-9(6)7(2)15-14(8)10(11,12)13/h3-5,7H,1-2H3. The summed E-state index contributed by atoms with van der Waals surface area (Å²) in [5.74, 6) is 0. The van der Waals surface area contributed by atoms with Gasteiger partial charge in [0.25, 0.3) is 0 Å². The third-order valence-corrected chi connectivity index (χ3v) is 6.66. The Balaban J connectivity index is 2.52. The monoisotopic (exact) mass is 330 g/mol. The van der Waals surface area contributed by atoms with Crippen molar-refractivity contribution in [3.63, 3.8) is 0 Å². The zero-order chi connectivity index (χ0) is 11.2. The average molecular weight is 330 g/mol. The summed E-state index contributed by atoms with van der Waals surface area (Å²) in [6.45, 7) is 3.52. The van der Waals surface area contributed by atoms with E-state index in [2.05, 4.69) is 0 Å². The van der Waals surface area contributed by atoms with Gasteiger partial charge in [-0.2, -0.15) is 0 Å². The third kappa shape index (κ3) is 1.87. The van der Waals surface area contributed by atoms with Crippen molar-refractivity contribution < 1.29 is 16.2 Å². The van der Waals surface area contributed by atoms with E-state index in [0.717, 1.165) is 11.1 Å². The SMILES string of the molecule is Cc1cccc2c1C(C)OI2C(F)(F)F. The van der Waals surface area contributed by atoms with Gasteiger partial charge < -0.3 is 0 Å². The first kappa shape index (κ1) is 11.2. The van der Waals surface area contributed by atoms with Crippen molar-refractivity contribution in [2.75, 3.05) is 0 Å². The van der Waals surface area contributed by atoms with Crippen molar-refractivity contribution in [1.82, 2.24) is 0 Å². The number of rotatable bonds is 0. The predicted octanol–water partition coefficient (Wildman–Crippen LogP) is 4.20. The molecule has 1 aliphatic rings. The summed E-state index contributed by atoms with van der Waals surface area (Å²) in [4.78, 5) is 0. The third-order valence-electron chi connectivity index (χ3n) is 2.28. The molecule has 0 saturated heterocycles. The second kappa shape index (κ2) is 3.62. The molecule has 0 aromatic heterocycles. The van der Waals surface area contributed by atoms with Gasteiger partial charge in [-0.25, -0.2) is 0 Å². The molecule has 5 heteroatoms. The first-order valence-electron chi connectivity index (χ1n) is 4.44. The summed E-state index contributed by atoms with van der Waals surface area (Å²) in [6.07, 6.45) is -0.409. The van der Waals surface area contributed by atoms with Crippen LogP contribution in [0.2, 0.25) is 0 Å². The van der Waals surface area contributed by atoms with Crippen LogP contribution >= 0.6 is 20.2 Å². The van der Waals surface area contributed by atoms with Crippen LogP contribution in [-0.2, 0) is 3.07 Å². The van der Waals surface area contributed by atoms with Gasteiger partial charge in [0.1, 0.15) is 0 Å². The Hall–Kier alpha value is -0.300. The Bertz CT molecular complexity index is 389. The Morgan fingerprint density at radius 2 is 2.00 bits per heavy atom. The molecule has 0 bridgehead atoms. The molecule has 0 aliphatic carbocycles. The van der Waals surface area contributed by atoms with Crippen LogP contribution in [-0.4, -0.2) is 4.18 Å². The molecule has 1 atom stereocenters. The number of hydrogen-bond donors (Lipinski definition) is 0. The fourth-order valence-electron chi connectivity index (χ4n) is 1.70. The van der Waals surface area contributed by atoms with E-state index in [4.69, 9.17) is 3.07 Å². The summed E-state index contributed by atoms with van der Waals surface area (Å²) >= 11 is -3.44. The molecule has 84 valence electrons. The van der Waals surface area contributed by atoms with E-state index in [1.807, 2.05) is 13.0 Å². The second-order valence-electron chi connectivity index (χ2n) is 3.38. The van der Waals surface area contributed by atoms with Crippen molar-refractivity contribution in [2.45, 2.75) is 24.1 Å². The fraction of sp³-hybridized carbons (Fsp3) is 0.400. The van der Waals surface area contributed by atoms with E-state index in [1.165, 1.54) is 0 Å². The minimum atomic E-state index is -4.17. The Morgan fingerprint density at radius 3 is 2.60 bits per heavy atom. The van der Waals surface area contributed by atoms with Gasteiger partial charge in [-0.05, 0) is 0 Å². The number of halogens is 4. The van der Waals surface area contributed by atoms with Crippen molar-refractivity contribution in [3.05, 3.63) is 32.9 Å². The van der Waals surface area contributed by atoms with Gasteiger partial charge in [-0.15, -0.1) is 0 Å². The van der Waals surface area contributed by atoms with Crippen molar-refractivity contribution in [1.29, 1.82) is 0 Å². The molecule has 0 N–H and O–H groups in total. The molecule has 1 unspecified atom stereocenters. The fourth-order valence-corrected chi connectivity index (χ4v) is 5.87. The maximum absolute atomic E-state index is 12.7. The number of aryl methyl sites for hydroxylation is 1. The summed E-state index contributed by atoms with van der Waals surface area (Å²) in [5, 5.41) is 0. The van der Waals surface area contributed by atoms with Gasteiger partial charge in [0, 0.05) is 0 Å². The quantitative estimate of drug-likeness (QED) is 0.512. The molecule has 15 heavy (non-hydrogen) atoms. The molecule has 0 amide bonds. The van der Waals surface area contributed by atoms with Gasteiger partial charge in [0.05, 0.1) is 0 Å². The van der Waals surface area contributed by atoms with Crippen LogP contribution in [0.15, 0.2) is 18.2 Å². The molecule has 1 aromatic rings. The predicted molar refractivity (Wildman–Crippen MR) is 59.5 cm³/mol. The van der Waals surface area contributed by atoms with Crippen LogP contribution in [0.3, 0.4) is 0 Å². The first-order chi connectivity index (χ1) is 6.91. The van der Waals surface area contributed by atoms with Crippen LogP contribution in [0.1, 0.15) is 24.2 Å². The van der Waals surface area contributed by atoms with Gasteiger partial charge in [-0.1, -0.05) is 0 Å². The van der Waals surface area contributed by atoms with Crippen LogP contribution in [0, 0.1) is 10.5 Å². The molecular weight excluding hydrogens is 320 g/mol. The maximum atomic E-state index is 12.7. The summed E-state index contributed by atoms with van der Waals surface area (Å²) < 4.78 is 39.4. The van der Waals surface area contributed by atoms with Crippen molar-refractivity contribution >= 4 is 20.2 Å². The Kier molecular flexibility index (Phi) is 2.70. The van der Waals surface area contributed by atoms with E-state index in [9.17, 15) is 13.2 Å². The number of fused-ring (bicyclic) bond motifs is 1. The zero-order valence-corrected chi connectivity index (χ0v) is 10.4. The van der Waals surface area contributed by atoms with Crippen molar-refractivity contribution in [3.8, 4) is 0 Å². The molecular formula is C10H10F3IO. The summed E-state index contributed by atoms with van der Waals surface area (Å²) in [6, 6.07) is 5.06. The zero-order valence-electron chi connectivity index (χ0n) is 8.23. The Labute approximate surface area is 93.6 Å². The van der Waals surface area contributed by atoms with Gasteiger partial charge in [0.2, 0.25) is 0 Å². The molecule has 0 radical (unpaired) electrons. The topological polar surface area (TPSA) is 9.23 Å². The molecule has 0 spiro atoms. The van der Waals surface area contributed by atoms with Gasteiger partial charge >= 0.3 is 93.5 Å². The molecule has 0 saturated carbocycles. The average Bonchev–Trinajstić information content (AvgIpc) is 2.44. The first-order valence-corrected chi connectivity index (χ1v) is 7.48. The number of benzene rings is 1. The summed E-state index contributed by atoms with van der Waals surface area (Å²) in [5.41, 5.74) is 1.64. The summed E-state index contributed by atoms with van der Waals surface area (Å²) in [7, 11) is 0. The molecule has 1 aliphatic heterocycles. The van der Waals surface area contributed by atoms with Crippen LogP contribution in [0.4, 0.5) is 13.2 Å². The molecule has 1 aromatic carbocycles. The van der Waals surface area contributed by atoms with E-state index in [0.29, 0.717) is 3.57 Å². The van der Waals surface area contributed by atoms with Crippen molar-refractivity contribution in [2.24, 2.45) is 0 Å². The molecule has 2 rings (SSSR count). The second-order valence-corrected chi connectivity index (χ2v) is 7.69. The molecule has 0 fully saturated rings. The minimum absolute atomic E-state index is 0.409.